The van der Waals surface area contributed by atoms with Crippen LogP contribution in [-0.2, 0) is 9.59 Å². The van der Waals surface area contributed by atoms with Gasteiger partial charge in [-0.2, -0.15) is 0 Å². The molecule has 190 valence electrons. The summed E-state index contributed by atoms with van der Waals surface area (Å²) < 4.78 is 11.0. The standard InChI is InChI=1S/C28H29N5O4/c1-36-22-13-9-21(10-14-22)32-15-17-33(18-16-32)28-30-25(19-26(34)31-28)27(35)29-20-7-11-24(12-8-20)37-23-5-3-2-4-6-23/h2-14,25H,15-19H2,1H3,(H,29,35)(H,30,31,34). The van der Waals surface area contributed by atoms with Gasteiger partial charge in [0, 0.05) is 37.6 Å². The summed E-state index contributed by atoms with van der Waals surface area (Å²) in [6.45, 7) is 2.91. The summed E-state index contributed by atoms with van der Waals surface area (Å²) in [5, 5.41) is 5.71. The van der Waals surface area contributed by atoms with Crippen LogP contribution in [0, 0.1) is 0 Å². The second kappa shape index (κ2) is 11.0. The molecule has 2 heterocycles. The Morgan fingerprint density at radius 2 is 1.49 bits per heavy atom. The summed E-state index contributed by atoms with van der Waals surface area (Å²) in [7, 11) is 1.65. The number of anilines is 2. The van der Waals surface area contributed by atoms with Crippen molar-refractivity contribution in [3.05, 3.63) is 78.9 Å². The molecule has 1 fully saturated rings. The van der Waals surface area contributed by atoms with Gasteiger partial charge in [-0.3, -0.25) is 14.9 Å². The number of nitrogens with zero attached hydrogens (tertiary/aromatic N) is 3. The van der Waals surface area contributed by atoms with Gasteiger partial charge in [0.25, 0.3) is 0 Å². The Kier molecular flexibility index (Phi) is 7.21. The van der Waals surface area contributed by atoms with Crippen molar-refractivity contribution in [2.45, 2.75) is 12.5 Å². The Morgan fingerprint density at radius 3 is 2.16 bits per heavy atom. The molecule has 3 aromatic carbocycles. The van der Waals surface area contributed by atoms with Gasteiger partial charge < -0.3 is 24.6 Å². The lowest BCUT2D eigenvalue weighted by Crippen LogP contribution is -2.56. The minimum Gasteiger partial charge on any atom is -0.497 e. The third kappa shape index (κ3) is 6.00. The molecule has 0 radical (unpaired) electrons. The minimum absolute atomic E-state index is 0.0103. The predicted octanol–water partition coefficient (Wildman–Crippen LogP) is 3.49. The second-order valence-electron chi connectivity index (χ2n) is 8.82. The first kappa shape index (κ1) is 24.2. The molecule has 1 unspecified atom stereocenters. The number of piperazine rings is 1. The minimum atomic E-state index is -0.788. The topological polar surface area (TPSA) is 95.5 Å². The van der Waals surface area contributed by atoms with Crippen LogP contribution in [-0.4, -0.2) is 62.0 Å². The van der Waals surface area contributed by atoms with Gasteiger partial charge in [0.1, 0.15) is 23.3 Å². The van der Waals surface area contributed by atoms with Crippen molar-refractivity contribution in [3.63, 3.8) is 0 Å². The van der Waals surface area contributed by atoms with E-state index in [1.807, 2.05) is 59.5 Å². The Morgan fingerprint density at radius 1 is 0.865 bits per heavy atom. The maximum atomic E-state index is 12.9. The van der Waals surface area contributed by atoms with Crippen molar-refractivity contribution in [1.82, 2.24) is 10.2 Å². The molecule has 5 rings (SSSR count). The lowest BCUT2D eigenvalue weighted by atomic mass is 10.1. The monoisotopic (exact) mass is 499 g/mol. The van der Waals surface area contributed by atoms with Crippen LogP contribution < -0.4 is 25.0 Å². The average Bonchev–Trinajstić information content (AvgIpc) is 2.94. The zero-order chi connectivity index (χ0) is 25.6. The molecule has 1 atom stereocenters. The van der Waals surface area contributed by atoms with E-state index >= 15 is 0 Å². The molecule has 9 heteroatoms. The number of benzene rings is 3. The molecule has 0 aromatic heterocycles. The van der Waals surface area contributed by atoms with Crippen LogP contribution >= 0.6 is 0 Å². The molecule has 2 amide bonds. The molecule has 9 nitrogen and oxygen atoms in total. The number of methoxy groups -OCH3 is 1. The summed E-state index contributed by atoms with van der Waals surface area (Å²) in [5.41, 5.74) is 1.73. The first-order valence-corrected chi connectivity index (χ1v) is 12.2. The fraction of sp³-hybridized carbons (Fsp3) is 0.250. The molecule has 0 saturated carbocycles. The maximum absolute atomic E-state index is 12.9. The van der Waals surface area contributed by atoms with E-state index in [0.717, 1.165) is 30.3 Å². The molecule has 2 aliphatic rings. The largest absolute Gasteiger partial charge is 0.497 e. The van der Waals surface area contributed by atoms with Crippen molar-refractivity contribution in [2.75, 3.05) is 43.5 Å². The van der Waals surface area contributed by atoms with E-state index in [1.54, 1.807) is 31.4 Å². The number of hydrogen-bond acceptors (Lipinski definition) is 7. The number of guanidine groups is 1. The number of carbonyl (C=O) groups is 2. The Labute approximate surface area is 215 Å². The molecule has 1 saturated heterocycles. The van der Waals surface area contributed by atoms with E-state index in [-0.39, 0.29) is 18.2 Å². The Bertz CT molecular complexity index is 1250. The van der Waals surface area contributed by atoms with E-state index in [2.05, 4.69) is 20.5 Å². The molecule has 0 aliphatic carbocycles. The smallest absolute Gasteiger partial charge is 0.249 e. The Hall–Kier alpha value is -4.53. The van der Waals surface area contributed by atoms with Gasteiger partial charge >= 0.3 is 0 Å². The zero-order valence-electron chi connectivity index (χ0n) is 20.6. The predicted molar refractivity (Wildman–Crippen MR) is 142 cm³/mol. The van der Waals surface area contributed by atoms with Gasteiger partial charge in [0.15, 0.2) is 0 Å². The molecular weight excluding hydrogens is 470 g/mol. The molecule has 2 aliphatic heterocycles. The van der Waals surface area contributed by atoms with Crippen LogP contribution in [0.4, 0.5) is 11.4 Å². The molecule has 0 bridgehead atoms. The average molecular weight is 500 g/mol. The summed E-state index contributed by atoms with van der Waals surface area (Å²) in [6.07, 6.45) is 0.0103. The molecule has 37 heavy (non-hydrogen) atoms. The molecular formula is C28H29N5O4. The van der Waals surface area contributed by atoms with E-state index in [9.17, 15) is 9.59 Å². The molecule has 2 N–H and O–H groups in total. The zero-order valence-corrected chi connectivity index (χ0v) is 20.6. The van der Waals surface area contributed by atoms with Crippen molar-refractivity contribution < 1.29 is 19.1 Å². The first-order chi connectivity index (χ1) is 18.1. The third-order valence-electron chi connectivity index (χ3n) is 6.33. The van der Waals surface area contributed by atoms with Crippen molar-refractivity contribution in [3.8, 4) is 17.2 Å². The number of para-hydroxylation sites is 1. The number of aliphatic imine (C=N–C) groups is 1. The number of rotatable bonds is 6. The highest BCUT2D eigenvalue weighted by atomic mass is 16.5. The summed E-state index contributed by atoms with van der Waals surface area (Å²) in [4.78, 5) is 34.2. The van der Waals surface area contributed by atoms with E-state index in [1.165, 1.54) is 0 Å². The van der Waals surface area contributed by atoms with Gasteiger partial charge in [-0.25, -0.2) is 4.99 Å². The van der Waals surface area contributed by atoms with Gasteiger partial charge in [0.2, 0.25) is 17.8 Å². The number of amides is 2. The van der Waals surface area contributed by atoms with Crippen LogP contribution in [0.3, 0.4) is 0 Å². The van der Waals surface area contributed by atoms with Crippen LogP contribution in [0.1, 0.15) is 6.42 Å². The molecule has 0 spiro atoms. The number of hydrogen-bond donors (Lipinski definition) is 2. The van der Waals surface area contributed by atoms with E-state index in [0.29, 0.717) is 30.5 Å². The lowest BCUT2D eigenvalue weighted by molar-refractivity contribution is -0.125. The fourth-order valence-electron chi connectivity index (χ4n) is 4.31. The Balaban J connectivity index is 1.18. The lowest BCUT2D eigenvalue weighted by Gasteiger charge is -2.38. The highest BCUT2D eigenvalue weighted by Gasteiger charge is 2.30. The van der Waals surface area contributed by atoms with Crippen molar-refractivity contribution >= 4 is 29.1 Å². The van der Waals surface area contributed by atoms with Gasteiger partial charge in [-0.1, -0.05) is 18.2 Å². The van der Waals surface area contributed by atoms with E-state index in [4.69, 9.17) is 9.47 Å². The fourth-order valence-corrected chi connectivity index (χ4v) is 4.31. The van der Waals surface area contributed by atoms with Gasteiger partial charge in [-0.05, 0) is 60.7 Å². The SMILES string of the molecule is COc1ccc(N2CCN(C3=NC(C(=O)Nc4ccc(Oc5ccccc5)cc4)CC(=O)N3)CC2)cc1. The van der Waals surface area contributed by atoms with Crippen LogP contribution in [0.25, 0.3) is 0 Å². The highest BCUT2D eigenvalue weighted by molar-refractivity contribution is 6.06. The van der Waals surface area contributed by atoms with Crippen molar-refractivity contribution in [2.24, 2.45) is 4.99 Å². The van der Waals surface area contributed by atoms with E-state index < -0.39 is 6.04 Å². The summed E-state index contributed by atoms with van der Waals surface area (Å²) >= 11 is 0. The number of nitrogens with one attached hydrogen (secondary N) is 2. The van der Waals surface area contributed by atoms with Crippen LogP contribution in [0.15, 0.2) is 83.9 Å². The third-order valence-corrected chi connectivity index (χ3v) is 6.33. The van der Waals surface area contributed by atoms with Gasteiger partial charge in [-0.15, -0.1) is 0 Å². The number of ether oxygens (including phenoxy) is 2. The summed E-state index contributed by atoms with van der Waals surface area (Å²) in [6, 6.07) is 23.8. The van der Waals surface area contributed by atoms with Gasteiger partial charge in [0.05, 0.1) is 13.5 Å². The number of carbonyl (C=O) groups excluding carboxylic acids is 2. The highest BCUT2D eigenvalue weighted by Crippen LogP contribution is 2.24. The van der Waals surface area contributed by atoms with Crippen LogP contribution in [0.5, 0.6) is 17.2 Å². The summed E-state index contributed by atoms with van der Waals surface area (Å²) in [5.74, 6) is 2.14. The first-order valence-electron chi connectivity index (χ1n) is 12.2. The normalized spacial score (nSPS) is 17.5. The second-order valence-corrected chi connectivity index (χ2v) is 8.82. The molecule has 3 aromatic rings. The van der Waals surface area contributed by atoms with Crippen molar-refractivity contribution in [1.29, 1.82) is 0 Å². The quantitative estimate of drug-likeness (QED) is 0.539. The van der Waals surface area contributed by atoms with Crippen LogP contribution in [0.2, 0.25) is 0 Å². The maximum Gasteiger partial charge on any atom is 0.249 e.